The quantitative estimate of drug-likeness (QED) is 0.875. The van der Waals surface area contributed by atoms with Crippen molar-refractivity contribution in [3.05, 3.63) is 45.7 Å². The summed E-state index contributed by atoms with van der Waals surface area (Å²) in [6, 6.07) is 6.47. The van der Waals surface area contributed by atoms with Crippen LogP contribution in [-0.2, 0) is 9.47 Å². The van der Waals surface area contributed by atoms with E-state index in [2.05, 4.69) is 9.72 Å². The average Bonchev–Trinajstić information content (AvgIpc) is 2.93. The highest BCUT2D eigenvalue weighted by atomic mass is 35.5. The lowest BCUT2D eigenvalue weighted by molar-refractivity contribution is 0.0590. The molecule has 0 spiro atoms. The van der Waals surface area contributed by atoms with Crippen molar-refractivity contribution >= 4 is 35.1 Å². The lowest BCUT2D eigenvalue weighted by Gasteiger charge is -2.06. The van der Waals surface area contributed by atoms with E-state index in [9.17, 15) is 9.59 Å². The van der Waals surface area contributed by atoms with Crippen LogP contribution >= 0.6 is 23.2 Å². The standard InChI is InChI=1S/C14H11Cl2NO4/c1-20-13(18)10-6-8(12(17-10)14(19)21-2)7-4-3-5-9(15)11(7)16/h3-6,17H,1-2H3. The lowest BCUT2D eigenvalue weighted by atomic mass is 10.1. The summed E-state index contributed by atoms with van der Waals surface area (Å²) in [6.07, 6.45) is 0. The normalized spacial score (nSPS) is 10.3. The van der Waals surface area contributed by atoms with Crippen molar-refractivity contribution in [3.8, 4) is 11.1 Å². The molecule has 0 fully saturated rings. The van der Waals surface area contributed by atoms with Crippen LogP contribution in [0.25, 0.3) is 11.1 Å². The minimum absolute atomic E-state index is 0.0991. The van der Waals surface area contributed by atoms with E-state index in [1.54, 1.807) is 18.2 Å². The maximum atomic E-state index is 11.8. The highest BCUT2D eigenvalue weighted by Gasteiger charge is 2.22. The van der Waals surface area contributed by atoms with Crippen molar-refractivity contribution in [2.24, 2.45) is 0 Å². The van der Waals surface area contributed by atoms with Crippen LogP contribution in [0.15, 0.2) is 24.3 Å². The molecule has 2 aromatic rings. The van der Waals surface area contributed by atoms with Crippen molar-refractivity contribution in [3.63, 3.8) is 0 Å². The number of carbonyl (C=O) groups is 2. The smallest absolute Gasteiger partial charge is 0.355 e. The number of hydrogen-bond acceptors (Lipinski definition) is 4. The van der Waals surface area contributed by atoms with E-state index >= 15 is 0 Å². The first-order valence-corrected chi connectivity index (χ1v) is 6.59. The van der Waals surface area contributed by atoms with Crippen LogP contribution in [0.5, 0.6) is 0 Å². The zero-order valence-corrected chi connectivity index (χ0v) is 12.7. The summed E-state index contributed by atoms with van der Waals surface area (Å²) in [6.45, 7) is 0. The van der Waals surface area contributed by atoms with Gasteiger partial charge in [0, 0.05) is 11.1 Å². The predicted octanol–water partition coefficient (Wildman–Crippen LogP) is 3.56. The molecule has 0 amide bonds. The monoisotopic (exact) mass is 327 g/mol. The van der Waals surface area contributed by atoms with Crippen LogP contribution in [-0.4, -0.2) is 31.1 Å². The molecular formula is C14H11Cl2NO4. The Morgan fingerprint density at radius 2 is 1.71 bits per heavy atom. The highest BCUT2D eigenvalue weighted by Crippen LogP contribution is 2.36. The van der Waals surface area contributed by atoms with E-state index in [-0.39, 0.29) is 16.4 Å². The molecule has 0 aliphatic heterocycles. The van der Waals surface area contributed by atoms with Crippen LogP contribution in [0.2, 0.25) is 10.0 Å². The van der Waals surface area contributed by atoms with E-state index in [4.69, 9.17) is 27.9 Å². The molecular weight excluding hydrogens is 317 g/mol. The topological polar surface area (TPSA) is 68.4 Å². The molecule has 0 radical (unpaired) electrons. The van der Waals surface area contributed by atoms with Gasteiger partial charge in [0.05, 0.1) is 24.3 Å². The van der Waals surface area contributed by atoms with Gasteiger partial charge in [-0.2, -0.15) is 0 Å². The molecule has 0 saturated heterocycles. The van der Waals surface area contributed by atoms with Gasteiger partial charge in [-0.15, -0.1) is 0 Å². The first-order chi connectivity index (χ1) is 9.99. The molecule has 1 heterocycles. The summed E-state index contributed by atoms with van der Waals surface area (Å²) < 4.78 is 9.32. The molecule has 2 rings (SSSR count). The Balaban J connectivity index is 2.66. The Morgan fingerprint density at radius 1 is 1.05 bits per heavy atom. The number of aromatic amines is 1. The molecule has 5 nitrogen and oxygen atoms in total. The van der Waals surface area contributed by atoms with Gasteiger partial charge in [0.15, 0.2) is 0 Å². The van der Waals surface area contributed by atoms with E-state index in [0.717, 1.165) is 0 Å². The molecule has 0 unspecified atom stereocenters. The molecule has 1 N–H and O–H groups in total. The van der Waals surface area contributed by atoms with Crippen molar-refractivity contribution in [1.29, 1.82) is 0 Å². The second-order valence-corrected chi connectivity index (χ2v) is 4.84. The third-order valence-corrected chi connectivity index (χ3v) is 3.67. The minimum Gasteiger partial charge on any atom is -0.464 e. The number of methoxy groups -OCH3 is 2. The number of halogens is 2. The summed E-state index contributed by atoms with van der Waals surface area (Å²) in [4.78, 5) is 26.1. The maximum Gasteiger partial charge on any atom is 0.355 e. The molecule has 21 heavy (non-hydrogen) atoms. The third kappa shape index (κ3) is 2.89. The summed E-state index contributed by atoms with van der Waals surface area (Å²) in [7, 11) is 2.48. The number of nitrogens with one attached hydrogen (secondary N) is 1. The molecule has 110 valence electrons. The van der Waals surface area contributed by atoms with E-state index < -0.39 is 11.9 Å². The second kappa shape index (κ2) is 6.20. The number of ether oxygens (including phenoxy) is 2. The molecule has 0 saturated carbocycles. The Morgan fingerprint density at radius 3 is 2.33 bits per heavy atom. The number of carbonyl (C=O) groups excluding carboxylic acids is 2. The zero-order chi connectivity index (χ0) is 15.6. The molecule has 0 bridgehead atoms. The summed E-state index contributed by atoms with van der Waals surface area (Å²) >= 11 is 12.1. The summed E-state index contributed by atoms with van der Waals surface area (Å²) in [5, 5.41) is 0.616. The number of esters is 2. The van der Waals surface area contributed by atoms with Gasteiger partial charge in [-0.3, -0.25) is 0 Å². The van der Waals surface area contributed by atoms with Gasteiger partial charge < -0.3 is 14.5 Å². The van der Waals surface area contributed by atoms with Gasteiger partial charge in [0.1, 0.15) is 11.4 Å². The summed E-state index contributed by atoms with van der Waals surface area (Å²) in [5.74, 6) is -1.24. The van der Waals surface area contributed by atoms with Crippen LogP contribution in [0, 0.1) is 0 Å². The predicted molar refractivity (Wildman–Crippen MR) is 78.9 cm³/mol. The molecule has 0 aliphatic carbocycles. The number of benzene rings is 1. The van der Waals surface area contributed by atoms with Crippen LogP contribution in [0.4, 0.5) is 0 Å². The SMILES string of the molecule is COC(=O)c1cc(-c2cccc(Cl)c2Cl)c(C(=O)OC)[nH]1. The van der Waals surface area contributed by atoms with E-state index in [0.29, 0.717) is 16.1 Å². The highest BCUT2D eigenvalue weighted by molar-refractivity contribution is 6.43. The van der Waals surface area contributed by atoms with Gasteiger partial charge in [0.2, 0.25) is 0 Å². The summed E-state index contributed by atoms with van der Waals surface area (Å²) in [5.41, 5.74) is 1.14. The van der Waals surface area contributed by atoms with Crippen molar-refractivity contribution < 1.29 is 19.1 Å². The molecule has 0 atom stereocenters. The van der Waals surface area contributed by atoms with E-state index in [1.165, 1.54) is 20.3 Å². The number of H-pyrrole nitrogens is 1. The van der Waals surface area contributed by atoms with Crippen molar-refractivity contribution in [2.75, 3.05) is 14.2 Å². The van der Waals surface area contributed by atoms with Gasteiger partial charge in [-0.25, -0.2) is 9.59 Å². The van der Waals surface area contributed by atoms with Gasteiger partial charge in [0.25, 0.3) is 0 Å². The lowest BCUT2D eigenvalue weighted by Crippen LogP contribution is -2.06. The second-order valence-electron chi connectivity index (χ2n) is 4.06. The fourth-order valence-electron chi connectivity index (χ4n) is 1.86. The Kier molecular flexibility index (Phi) is 4.55. The number of rotatable bonds is 3. The first-order valence-electron chi connectivity index (χ1n) is 5.83. The fourth-order valence-corrected chi connectivity index (χ4v) is 2.26. The number of hydrogen-bond donors (Lipinski definition) is 1. The van der Waals surface area contributed by atoms with Gasteiger partial charge in [-0.05, 0) is 12.1 Å². The maximum absolute atomic E-state index is 11.8. The van der Waals surface area contributed by atoms with Crippen LogP contribution < -0.4 is 0 Å². The fraction of sp³-hybridized carbons (Fsp3) is 0.143. The van der Waals surface area contributed by atoms with E-state index in [1.807, 2.05) is 0 Å². The first kappa shape index (κ1) is 15.4. The molecule has 1 aromatic carbocycles. The molecule has 7 heteroatoms. The van der Waals surface area contributed by atoms with Crippen molar-refractivity contribution in [1.82, 2.24) is 4.98 Å². The number of aromatic nitrogens is 1. The largest absolute Gasteiger partial charge is 0.464 e. The van der Waals surface area contributed by atoms with Gasteiger partial charge >= 0.3 is 11.9 Å². The Hall–Kier alpha value is -1.98. The Labute approximate surface area is 130 Å². The van der Waals surface area contributed by atoms with Crippen molar-refractivity contribution in [2.45, 2.75) is 0 Å². The van der Waals surface area contributed by atoms with Crippen LogP contribution in [0.1, 0.15) is 21.0 Å². The molecule has 0 aliphatic rings. The molecule has 1 aromatic heterocycles. The minimum atomic E-state index is -0.629. The average molecular weight is 328 g/mol. The zero-order valence-electron chi connectivity index (χ0n) is 11.2. The third-order valence-electron chi connectivity index (χ3n) is 2.85. The van der Waals surface area contributed by atoms with Gasteiger partial charge in [-0.1, -0.05) is 35.3 Å². The Bertz CT molecular complexity index is 709. The van der Waals surface area contributed by atoms with Crippen LogP contribution in [0.3, 0.4) is 0 Å².